The van der Waals surface area contributed by atoms with Crippen molar-refractivity contribution in [2.75, 3.05) is 6.54 Å². The van der Waals surface area contributed by atoms with Gasteiger partial charge in [-0.05, 0) is 78.3 Å². The van der Waals surface area contributed by atoms with Gasteiger partial charge in [-0.15, -0.1) is 6.58 Å². The molecule has 0 aliphatic rings. The molecule has 0 aliphatic carbocycles. The van der Waals surface area contributed by atoms with Crippen LogP contribution >= 0.6 is 0 Å². The maximum Gasteiger partial charge on any atom is 0.138 e. The molecule has 2 unspecified atom stereocenters. The Morgan fingerprint density at radius 2 is 1.82 bits per heavy atom. The second-order valence-electron chi connectivity index (χ2n) is 8.21. The fourth-order valence-corrected chi connectivity index (χ4v) is 3.90. The third kappa shape index (κ3) is 7.45. The van der Waals surface area contributed by atoms with Crippen molar-refractivity contribution in [1.82, 2.24) is 5.01 Å². The number of nitrogens with two attached hydrogens (primary N) is 1. The zero-order valence-electron chi connectivity index (χ0n) is 22.1. The average molecular weight is 478 g/mol. The summed E-state index contributed by atoms with van der Waals surface area (Å²) >= 11 is 0. The summed E-state index contributed by atoms with van der Waals surface area (Å²) in [5, 5.41) is 6.11. The Morgan fingerprint density at radius 3 is 2.26 bits per heavy atom. The van der Waals surface area contributed by atoms with Crippen molar-refractivity contribution in [2.24, 2.45) is 16.8 Å². The predicted octanol–water partition coefficient (Wildman–Crippen LogP) is 7.71. The van der Waals surface area contributed by atoms with E-state index in [0.717, 1.165) is 29.3 Å². The summed E-state index contributed by atoms with van der Waals surface area (Å²) in [5.41, 5.74) is 7.11. The molecule has 0 amide bonds. The van der Waals surface area contributed by atoms with Crippen molar-refractivity contribution in [2.45, 2.75) is 73.5 Å². The van der Waals surface area contributed by atoms with Crippen LogP contribution in [0.4, 0.5) is 13.2 Å². The summed E-state index contributed by atoms with van der Waals surface area (Å²) in [6.45, 7) is 23.0. The summed E-state index contributed by atoms with van der Waals surface area (Å²) in [4.78, 5) is 0. The van der Waals surface area contributed by atoms with Gasteiger partial charge in [-0.2, -0.15) is 5.10 Å². The van der Waals surface area contributed by atoms with E-state index >= 15 is 0 Å². The molecule has 0 aliphatic heterocycles. The largest absolute Gasteiger partial charge is 0.330 e. The molecule has 190 valence electrons. The number of alkyl halides is 1. The van der Waals surface area contributed by atoms with Crippen LogP contribution in [-0.4, -0.2) is 29.0 Å². The standard InChI is InChI=1S/C26H36F3N3.C2H6/c1-9-11-24(17(3)4)26(8,21(10-2)14-15-30)32(20(7)18(5)27)31-19(6)23-16-22(28)12-13-25(23)29;1-2/h9-13,16,18,21H,2,7,14-15,30H2,1,3-6,8H3;1-2H3/b11-9-,31-19+;/t18?,21-,26?;/m1./s1. The third-order valence-electron chi connectivity index (χ3n) is 5.64. The maximum absolute atomic E-state index is 14.6. The fourth-order valence-electron chi connectivity index (χ4n) is 3.90. The van der Waals surface area contributed by atoms with Gasteiger partial charge in [-0.3, -0.25) is 5.01 Å². The number of hydrogen-bond donors (Lipinski definition) is 1. The summed E-state index contributed by atoms with van der Waals surface area (Å²) in [6, 6.07) is 3.16. The molecule has 0 bridgehead atoms. The van der Waals surface area contributed by atoms with Crippen LogP contribution in [0, 0.1) is 17.6 Å². The van der Waals surface area contributed by atoms with Gasteiger partial charge in [0.2, 0.25) is 0 Å². The molecule has 0 heterocycles. The molecule has 6 heteroatoms. The Bertz CT molecular complexity index is 911. The highest BCUT2D eigenvalue weighted by atomic mass is 19.1. The first-order valence-electron chi connectivity index (χ1n) is 11.7. The lowest BCUT2D eigenvalue weighted by molar-refractivity contribution is 0.118. The van der Waals surface area contributed by atoms with E-state index in [2.05, 4.69) is 18.3 Å². The molecule has 0 saturated heterocycles. The van der Waals surface area contributed by atoms with Crippen LogP contribution in [0.25, 0.3) is 0 Å². The van der Waals surface area contributed by atoms with Gasteiger partial charge in [0.15, 0.2) is 0 Å². The van der Waals surface area contributed by atoms with Crippen LogP contribution in [0.2, 0.25) is 0 Å². The first-order chi connectivity index (χ1) is 15.9. The van der Waals surface area contributed by atoms with Crippen molar-refractivity contribution >= 4 is 5.71 Å². The molecular weight excluding hydrogens is 435 g/mol. The molecule has 0 aromatic heterocycles. The van der Waals surface area contributed by atoms with Gasteiger partial charge < -0.3 is 5.73 Å². The van der Waals surface area contributed by atoms with Crippen molar-refractivity contribution in [3.8, 4) is 0 Å². The fraction of sp³-hybridized carbons (Fsp3) is 0.464. The van der Waals surface area contributed by atoms with E-state index in [4.69, 9.17) is 5.73 Å². The molecule has 1 aromatic carbocycles. The van der Waals surface area contributed by atoms with Crippen molar-refractivity contribution in [1.29, 1.82) is 0 Å². The van der Waals surface area contributed by atoms with E-state index < -0.39 is 23.3 Å². The van der Waals surface area contributed by atoms with Crippen molar-refractivity contribution in [3.63, 3.8) is 0 Å². The SMILES string of the molecule is C=C[C@H](CCN)C(C)(C(/C=C\C)=C(C)C)N(/N=C(\C)c1cc(F)ccc1F)C(=C)C(C)F.CC. The summed E-state index contributed by atoms with van der Waals surface area (Å²) in [6.07, 6.45) is 4.73. The topological polar surface area (TPSA) is 41.6 Å². The average Bonchev–Trinajstić information content (AvgIpc) is 2.80. The van der Waals surface area contributed by atoms with Gasteiger partial charge in [0, 0.05) is 11.5 Å². The Hall–Kier alpha value is -2.60. The Morgan fingerprint density at radius 1 is 1.24 bits per heavy atom. The molecule has 0 saturated carbocycles. The molecule has 1 aromatic rings. The highest BCUT2D eigenvalue weighted by Gasteiger charge is 2.43. The first kappa shape index (κ1) is 31.4. The van der Waals surface area contributed by atoms with Crippen LogP contribution in [0.5, 0.6) is 0 Å². The van der Waals surface area contributed by atoms with Crippen LogP contribution < -0.4 is 5.73 Å². The van der Waals surface area contributed by atoms with E-state index in [0.29, 0.717) is 13.0 Å². The smallest absolute Gasteiger partial charge is 0.138 e. The van der Waals surface area contributed by atoms with E-state index in [1.54, 1.807) is 13.0 Å². The molecule has 2 N–H and O–H groups in total. The van der Waals surface area contributed by atoms with Gasteiger partial charge in [0.05, 0.1) is 16.9 Å². The van der Waals surface area contributed by atoms with Crippen LogP contribution in [-0.2, 0) is 0 Å². The number of rotatable bonds is 11. The van der Waals surface area contributed by atoms with Crippen molar-refractivity contribution < 1.29 is 13.2 Å². The number of hydrazone groups is 1. The van der Waals surface area contributed by atoms with Gasteiger partial charge in [-0.25, -0.2) is 13.2 Å². The van der Waals surface area contributed by atoms with Crippen LogP contribution in [0.15, 0.2) is 71.5 Å². The highest BCUT2D eigenvalue weighted by Crippen LogP contribution is 2.41. The Balaban J connectivity index is 0.00000529. The molecular formula is C28H42F3N3. The lowest BCUT2D eigenvalue weighted by Gasteiger charge is -2.47. The first-order valence-corrected chi connectivity index (χ1v) is 11.7. The Labute approximate surface area is 204 Å². The van der Waals surface area contributed by atoms with Gasteiger partial charge in [0.25, 0.3) is 0 Å². The third-order valence-corrected chi connectivity index (χ3v) is 5.64. The number of allylic oxidation sites excluding steroid dienone is 3. The van der Waals surface area contributed by atoms with Gasteiger partial charge >= 0.3 is 0 Å². The normalized spacial score (nSPS) is 15.0. The number of halogens is 3. The number of hydrogen-bond acceptors (Lipinski definition) is 3. The predicted molar refractivity (Wildman–Crippen MR) is 140 cm³/mol. The van der Waals surface area contributed by atoms with E-state index in [1.807, 2.05) is 53.7 Å². The second kappa shape index (κ2) is 14.6. The minimum Gasteiger partial charge on any atom is -0.330 e. The minimum absolute atomic E-state index is 0.00424. The molecule has 3 nitrogen and oxygen atoms in total. The van der Waals surface area contributed by atoms with Gasteiger partial charge in [0.1, 0.15) is 17.8 Å². The summed E-state index contributed by atoms with van der Waals surface area (Å²) in [7, 11) is 0. The van der Waals surface area contributed by atoms with Gasteiger partial charge in [-0.1, -0.05) is 44.2 Å². The van der Waals surface area contributed by atoms with E-state index in [9.17, 15) is 13.2 Å². The van der Waals surface area contributed by atoms with E-state index in [-0.39, 0.29) is 22.9 Å². The quantitative estimate of drug-likeness (QED) is 0.153. The zero-order chi connectivity index (χ0) is 26.6. The highest BCUT2D eigenvalue weighted by molar-refractivity contribution is 5.98. The second-order valence-corrected chi connectivity index (χ2v) is 8.21. The molecule has 34 heavy (non-hydrogen) atoms. The van der Waals surface area contributed by atoms with E-state index in [1.165, 1.54) is 11.9 Å². The molecule has 3 atom stereocenters. The van der Waals surface area contributed by atoms with Crippen LogP contribution in [0.3, 0.4) is 0 Å². The Kier molecular flexibility index (Phi) is 13.5. The zero-order valence-corrected chi connectivity index (χ0v) is 22.1. The summed E-state index contributed by atoms with van der Waals surface area (Å²) in [5.74, 6) is -1.45. The maximum atomic E-state index is 14.6. The monoisotopic (exact) mass is 477 g/mol. The lowest BCUT2D eigenvalue weighted by Crippen LogP contribution is -2.51. The lowest BCUT2D eigenvalue weighted by atomic mass is 9.74. The summed E-state index contributed by atoms with van der Waals surface area (Å²) < 4.78 is 42.9. The molecule has 0 fully saturated rings. The van der Waals surface area contributed by atoms with Crippen LogP contribution in [0.1, 0.15) is 67.4 Å². The number of benzene rings is 1. The number of nitrogens with zero attached hydrogens (tertiary/aromatic N) is 2. The minimum atomic E-state index is -1.43. The molecule has 0 radical (unpaired) electrons. The molecule has 1 rings (SSSR count). The molecule has 0 spiro atoms. The van der Waals surface area contributed by atoms with Crippen molar-refractivity contribution in [3.05, 3.63) is 83.6 Å².